The zero-order chi connectivity index (χ0) is 17.1. The van der Waals surface area contributed by atoms with Crippen LogP contribution in [0.1, 0.15) is 23.6 Å². The van der Waals surface area contributed by atoms with Gasteiger partial charge < -0.3 is 4.98 Å². The van der Waals surface area contributed by atoms with Crippen LogP contribution in [0.4, 0.5) is 0 Å². The number of pyridine rings is 1. The van der Waals surface area contributed by atoms with Gasteiger partial charge in [0.15, 0.2) is 0 Å². The Labute approximate surface area is 144 Å². The number of H-pyrrole nitrogens is 1. The molecule has 3 aromatic rings. The molecule has 0 spiro atoms. The molecule has 1 aromatic heterocycles. The van der Waals surface area contributed by atoms with Gasteiger partial charge in [-0.05, 0) is 54.8 Å². The average Bonchev–Trinajstić information content (AvgIpc) is 2.59. The van der Waals surface area contributed by atoms with E-state index < -0.39 is 0 Å². The maximum Gasteiger partial charge on any atom is 0.251 e. The first kappa shape index (κ1) is 16.7. The summed E-state index contributed by atoms with van der Waals surface area (Å²) in [7, 11) is 2.78. The SMILES string of the molecule is C/C=C\c1c(C)c(=O)[nH]c2cccc(-c3cccc(CCP)c3)c12. The molecular formula is C21H22NOP. The van der Waals surface area contributed by atoms with Crippen LogP contribution in [0.15, 0.2) is 53.3 Å². The van der Waals surface area contributed by atoms with Crippen LogP contribution in [0.3, 0.4) is 0 Å². The predicted octanol–water partition coefficient (Wildman–Crippen LogP) is 4.95. The number of aromatic amines is 1. The fraction of sp³-hybridized carbons (Fsp3) is 0.190. The van der Waals surface area contributed by atoms with Crippen LogP contribution >= 0.6 is 9.24 Å². The molecule has 3 rings (SSSR count). The van der Waals surface area contributed by atoms with Crippen LogP contribution in [0.25, 0.3) is 28.1 Å². The molecule has 3 heteroatoms. The van der Waals surface area contributed by atoms with E-state index in [2.05, 4.69) is 44.6 Å². The van der Waals surface area contributed by atoms with Crippen LogP contribution in [-0.2, 0) is 6.42 Å². The topological polar surface area (TPSA) is 32.9 Å². The van der Waals surface area contributed by atoms with Gasteiger partial charge in [-0.25, -0.2) is 0 Å². The summed E-state index contributed by atoms with van der Waals surface area (Å²) in [6.45, 7) is 3.86. The fourth-order valence-electron chi connectivity index (χ4n) is 3.15. The zero-order valence-corrected chi connectivity index (χ0v) is 15.3. The van der Waals surface area contributed by atoms with Gasteiger partial charge in [0.2, 0.25) is 0 Å². The number of rotatable bonds is 4. The van der Waals surface area contributed by atoms with E-state index in [1.165, 1.54) is 11.1 Å². The summed E-state index contributed by atoms with van der Waals surface area (Å²) in [5.41, 5.74) is 6.29. The summed E-state index contributed by atoms with van der Waals surface area (Å²) in [6.07, 6.45) is 6.11. The van der Waals surface area contributed by atoms with Crippen molar-refractivity contribution in [3.8, 4) is 11.1 Å². The summed E-state index contributed by atoms with van der Waals surface area (Å²) in [6, 6.07) is 14.8. The Bertz CT molecular complexity index is 969. The number of hydrogen-bond donors (Lipinski definition) is 1. The van der Waals surface area contributed by atoms with Crippen LogP contribution in [0.2, 0.25) is 0 Å². The highest BCUT2D eigenvalue weighted by molar-refractivity contribution is 7.16. The first-order chi connectivity index (χ1) is 11.7. The van der Waals surface area contributed by atoms with E-state index in [1.807, 2.05) is 38.1 Å². The van der Waals surface area contributed by atoms with Crippen LogP contribution in [0.5, 0.6) is 0 Å². The number of benzene rings is 2. The first-order valence-corrected chi connectivity index (χ1v) is 9.05. The lowest BCUT2D eigenvalue weighted by molar-refractivity contribution is 1.16. The second-order valence-corrected chi connectivity index (χ2v) is 6.54. The fourth-order valence-corrected chi connectivity index (χ4v) is 3.48. The molecule has 0 fully saturated rings. The Kier molecular flexibility index (Phi) is 4.97. The molecule has 0 aliphatic heterocycles. The molecule has 0 aliphatic carbocycles. The highest BCUT2D eigenvalue weighted by Gasteiger charge is 2.12. The minimum absolute atomic E-state index is 0.0236. The second-order valence-electron chi connectivity index (χ2n) is 5.96. The van der Waals surface area contributed by atoms with Gasteiger partial charge in [-0.1, -0.05) is 48.6 Å². The minimum Gasteiger partial charge on any atom is -0.322 e. The normalized spacial score (nSPS) is 11.5. The quantitative estimate of drug-likeness (QED) is 0.672. The van der Waals surface area contributed by atoms with Gasteiger partial charge >= 0.3 is 0 Å². The van der Waals surface area contributed by atoms with E-state index in [9.17, 15) is 4.79 Å². The van der Waals surface area contributed by atoms with Crippen LogP contribution in [-0.4, -0.2) is 11.1 Å². The minimum atomic E-state index is -0.0236. The lowest BCUT2D eigenvalue weighted by Gasteiger charge is -2.13. The Hall–Kier alpha value is -2.18. The lowest BCUT2D eigenvalue weighted by atomic mass is 9.93. The molecule has 0 radical (unpaired) electrons. The van der Waals surface area contributed by atoms with E-state index in [0.29, 0.717) is 0 Å². The van der Waals surface area contributed by atoms with Crippen molar-refractivity contribution >= 4 is 26.2 Å². The van der Waals surface area contributed by atoms with Crippen molar-refractivity contribution in [2.24, 2.45) is 0 Å². The van der Waals surface area contributed by atoms with Gasteiger partial charge in [0.05, 0.1) is 0 Å². The average molecular weight is 335 g/mol. The Morgan fingerprint density at radius 1 is 1.17 bits per heavy atom. The molecule has 0 saturated heterocycles. The molecular weight excluding hydrogens is 313 g/mol. The molecule has 1 heterocycles. The smallest absolute Gasteiger partial charge is 0.251 e. The van der Waals surface area contributed by atoms with Gasteiger partial charge in [-0.3, -0.25) is 4.79 Å². The van der Waals surface area contributed by atoms with Crippen molar-refractivity contribution in [3.05, 3.63) is 75.6 Å². The Balaban J connectivity index is 2.35. The van der Waals surface area contributed by atoms with Crippen molar-refractivity contribution in [2.45, 2.75) is 20.3 Å². The molecule has 2 aromatic carbocycles. The highest BCUT2D eigenvalue weighted by atomic mass is 31.0. The summed E-state index contributed by atoms with van der Waals surface area (Å²) >= 11 is 0. The first-order valence-electron chi connectivity index (χ1n) is 8.23. The largest absolute Gasteiger partial charge is 0.322 e. The molecule has 0 saturated carbocycles. The van der Waals surface area contributed by atoms with Crippen molar-refractivity contribution in [1.82, 2.24) is 4.98 Å². The molecule has 24 heavy (non-hydrogen) atoms. The number of nitrogens with one attached hydrogen (secondary N) is 1. The third-order valence-corrected chi connectivity index (χ3v) is 4.62. The molecule has 0 aliphatic rings. The van der Waals surface area contributed by atoms with Crippen molar-refractivity contribution < 1.29 is 0 Å². The van der Waals surface area contributed by atoms with Crippen molar-refractivity contribution in [1.29, 1.82) is 0 Å². The van der Waals surface area contributed by atoms with E-state index in [1.54, 1.807) is 0 Å². The van der Waals surface area contributed by atoms with Gasteiger partial charge in [0.1, 0.15) is 0 Å². The number of aryl methyl sites for hydroxylation is 1. The maximum atomic E-state index is 12.2. The standard InChI is InChI=1S/C21H22NOP/c1-3-6-17-14(2)21(23)22-19-10-5-9-18(20(17)19)16-8-4-7-15(13-16)11-12-24/h3-10,13H,11-12,24H2,1-2H3,(H,22,23)/b6-3-. The molecule has 1 N–H and O–H groups in total. The molecule has 1 atom stereocenters. The second kappa shape index (κ2) is 7.15. The summed E-state index contributed by atoms with van der Waals surface area (Å²) in [5, 5.41) is 1.11. The summed E-state index contributed by atoms with van der Waals surface area (Å²) in [5.74, 6) is 0. The molecule has 122 valence electrons. The third kappa shape index (κ3) is 3.07. The van der Waals surface area contributed by atoms with E-state index >= 15 is 0 Å². The Morgan fingerprint density at radius 2 is 1.96 bits per heavy atom. The summed E-state index contributed by atoms with van der Waals surface area (Å²) in [4.78, 5) is 15.2. The van der Waals surface area contributed by atoms with Crippen LogP contribution in [0, 0.1) is 6.92 Å². The maximum absolute atomic E-state index is 12.2. The van der Waals surface area contributed by atoms with E-state index in [4.69, 9.17) is 0 Å². The molecule has 0 amide bonds. The zero-order valence-electron chi connectivity index (χ0n) is 14.1. The molecule has 1 unspecified atom stereocenters. The van der Waals surface area contributed by atoms with Gasteiger partial charge in [0, 0.05) is 16.5 Å². The monoisotopic (exact) mass is 335 g/mol. The lowest BCUT2D eigenvalue weighted by Crippen LogP contribution is -2.11. The Morgan fingerprint density at radius 3 is 2.71 bits per heavy atom. The van der Waals surface area contributed by atoms with Crippen LogP contribution < -0.4 is 5.56 Å². The van der Waals surface area contributed by atoms with Gasteiger partial charge in [-0.15, -0.1) is 9.24 Å². The van der Waals surface area contributed by atoms with Crippen molar-refractivity contribution in [3.63, 3.8) is 0 Å². The van der Waals surface area contributed by atoms with Gasteiger partial charge in [-0.2, -0.15) is 0 Å². The summed E-state index contributed by atoms with van der Waals surface area (Å²) < 4.78 is 0. The van der Waals surface area contributed by atoms with Crippen molar-refractivity contribution in [2.75, 3.05) is 6.16 Å². The number of hydrogen-bond acceptors (Lipinski definition) is 1. The third-order valence-electron chi connectivity index (χ3n) is 4.33. The number of allylic oxidation sites excluding steroid dienone is 1. The van der Waals surface area contributed by atoms with E-state index in [0.717, 1.165) is 40.2 Å². The van der Waals surface area contributed by atoms with E-state index in [-0.39, 0.29) is 5.56 Å². The molecule has 2 nitrogen and oxygen atoms in total. The van der Waals surface area contributed by atoms with Gasteiger partial charge in [0.25, 0.3) is 5.56 Å². The highest BCUT2D eigenvalue weighted by Crippen LogP contribution is 2.32. The number of aromatic nitrogens is 1. The predicted molar refractivity (Wildman–Crippen MR) is 108 cm³/mol. The molecule has 0 bridgehead atoms. The number of fused-ring (bicyclic) bond motifs is 1.